The average molecular weight is 304 g/mol. The maximum Gasteiger partial charge on any atom is 0.255 e. The number of aromatic nitrogens is 1. The van der Waals surface area contributed by atoms with Crippen LogP contribution in [0.3, 0.4) is 0 Å². The standard InChI is InChI=1S/C16H24N4O2/c1-16(2,3)18-14(21)12-9-13(11-17-10-12)15(22)20-7-5-19(4)6-8-20/h9-11H,5-8H2,1-4H3,(H,18,21). The Labute approximate surface area is 131 Å². The molecule has 0 atom stereocenters. The van der Waals surface area contributed by atoms with E-state index in [1.165, 1.54) is 12.4 Å². The van der Waals surface area contributed by atoms with Gasteiger partial charge < -0.3 is 15.1 Å². The summed E-state index contributed by atoms with van der Waals surface area (Å²) < 4.78 is 0. The van der Waals surface area contributed by atoms with E-state index in [9.17, 15) is 9.59 Å². The van der Waals surface area contributed by atoms with Gasteiger partial charge >= 0.3 is 0 Å². The molecule has 2 rings (SSSR count). The van der Waals surface area contributed by atoms with Gasteiger partial charge in [0.2, 0.25) is 0 Å². The molecule has 0 bridgehead atoms. The van der Waals surface area contributed by atoms with E-state index in [0.717, 1.165) is 13.1 Å². The number of hydrogen-bond acceptors (Lipinski definition) is 4. The molecule has 1 aliphatic heterocycles. The van der Waals surface area contributed by atoms with Gasteiger partial charge in [-0.05, 0) is 33.9 Å². The summed E-state index contributed by atoms with van der Waals surface area (Å²) in [5.41, 5.74) is 0.551. The lowest BCUT2D eigenvalue weighted by Crippen LogP contribution is -2.47. The number of likely N-dealkylation sites (N-methyl/N-ethyl adjacent to an activating group) is 1. The number of piperazine rings is 1. The Morgan fingerprint density at radius 1 is 1.09 bits per heavy atom. The smallest absolute Gasteiger partial charge is 0.255 e. The number of pyridine rings is 1. The summed E-state index contributed by atoms with van der Waals surface area (Å²) in [6.45, 7) is 8.88. The van der Waals surface area contributed by atoms with Gasteiger partial charge in [-0.15, -0.1) is 0 Å². The van der Waals surface area contributed by atoms with Crippen LogP contribution in [0.4, 0.5) is 0 Å². The third-order valence-corrected chi connectivity index (χ3v) is 3.53. The molecule has 1 N–H and O–H groups in total. The molecule has 0 spiro atoms. The highest BCUT2D eigenvalue weighted by atomic mass is 16.2. The van der Waals surface area contributed by atoms with Crippen LogP contribution >= 0.6 is 0 Å². The van der Waals surface area contributed by atoms with Crippen LogP contribution in [0.15, 0.2) is 18.5 Å². The highest BCUT2D eigenvalue weighted by Crippen LogP contribution is 2.10. The van der Waals surface area contributed by atoms with Gasteiger partial charge in [0, 0.05) is 44.1 Å². The van der Waals surface area contributed by atoms with E-state index in [1.807, 2.05) is 32.7 Å². The second kappa shape index (κ2) is 6.44. The molecule has 1 aliphatic rings. The van der Waals surface area contributed by atoms with Crippen molar-refractivity contribution in [1.82, 2.24) is 20.1 Å². The lowest BCUT2D eigenvalue weighted by molar-refractivity contribution is 0.0663. The van der Waals surface area contributed by atoms with Crippen LogP contribution in [0.25, 0.3) is 0 Å². The summed E-state index contributed by atoms with van der Waals surface area (Å²) in [6, 6.07) is 1.62. The molecular weight excluding hydrogens is 280 g/mol. The Morgan fingerprint density at radius 2 is 1.68 bits per heavy atom. The second-order valence-electron chi connectivity index (χ2n) is 6.76. The maximum atomic E-state index is 12.5. The summed E-state index contributed by atoms with van der Waals surface area (Å²) in [7, 11) is 2.04. The van der Waals surface area contributed by atoms with E-state index in [-0.39, 0.29) is 17.4 Å². The number of hydrogen-bond donors (Lipinski definition) is 1. The normalized spacial score (nSPS) is 16.5. The quantitative estimate of drug-likeness (QED) is 0.885. The molecule has 0 aromatic carbocycles. The monoisotopic (exact) mass is 304 g/mol. The van der Waals surface area contributed by atoms with Crippen molar-refractivity contribution < 1.29 is 9.59 Å². The molecule has 0 radical (unpaired) electrons. The van der Waals surface area contributed by atoms with Gasteiger partial charge in [-0.25, -0.2) is 0 Å². The van der Waals surface area contributed by atoms with Crippen LogP contribution in [-0.2, 0) is 0 Å². The van der Waals surface area contributed by atoms with Gasteiger partial charge in [0.15, 0.2) is 0 Å². The van der Waals surface area contributed by atoms with E-state index in [0.29, 0.717) is 24.2 Å². The Kier molecular flexibility index (Phi) is 4.81. The van der Waals surface area contributed by atoms with Crippen LogP contribution in [0.1, 0.15) is 41.5 Å². The average Bonchev–Trinajstić information content (AvgIpc) is 2.46. The third kappa shape index (κ3) is 4.27. The number of amides is 2. The van der Waals surface area contributed by atoms with Gasteiger partial charge in [-0.3, -0.25) is 14.6 Å². The van der Waals surface area contributed by atoms with Crippen molar-refractivity contribution in [1.29, 1.82) is 0 Å². The zero-order valence-electron chi connectivity index (χ0n) is 13.7. The fourth-order valence-corrected chi connectivity index (χ4v) is 2.29. The van der Waals surface area contributed by atoms with Gasteiger partial charge in [0.05, 0.1) is 11.1 Å². The molecule has 0 aliphatic carbocycles. The predicted octanol–water partition coefficient (Wildman–Crippen LogP) is 0.997. The van der Waals surface area contributed by atoms with Gasteiger partial charge in [0.25, 0.3) is 11.8 Å². The zero-order chi connectivity index (χ0) is 16.3. The van der Waals surface area contributed by atoms with E-state index < -0.39 is 0 Å². The summed E-state index contributed by atoms with van der Waals surface area (Å²) in [6.07, 6.45) is 3.01. The SMILES string of the molecule is CN1CCN(C(=O)c2cncc(C(=O)NC(C)(C)C)c2)CC1. The molecule has 0 saturated carbocycles. The predicted molar refractivity (Wildman–Crippen MR) is 84.9 cm³/mol. The fraction of sp³-hybridized carbons (Fsp3) is 0.562. The highest BCUT2D eigenvalue weighted by Gasteiger charge is 2.22. The molecule has 1 saturated heterocycles. The van der Waals surface area contributed by atoms with Crippen LogP contribution in [-0.4, -0.2) is 65.4 Å². The number of carbonyl (C=O) groups is 2. The van der Waals surface area contributed by atoms with Crippen LogP contribution in [0.5, 0.6) is 0 Å². The molecule has 1 aromatic heterocycles. The lowest BCUT2D eigenvalue weighted by atomic mass is 10.1. The third-order valence-electron chi connectivity index (χ3n) is 3.53. The zero-order valence-corrected chi connectivity index (χ0v) is 13.7. The number of nitrogens with one attached hydrogen (secondary N) is 1. The van der Waals surface area contributed by atoms with Crippen molar-refractivity contribution in [2.45, 2.75) is 26.3 Å². The van der Waals surface area contributed by atoms with E-state index in [4.69, 9.17) is 0 Å². The first-order chi connectivity index (χ1) is 10.3. The fourth-order valence-electron chi connectivity index (χ4n) is 2.29. The van der Waals surface area contributed by atoms with Crippen molar-refractivity contribution in [2.75, 3.05) is 33.2 Å². The first kappa shape index (κ1) is 16.4. The summed E-state index contributed by atoms with van der Waals surface area (Å²) in [4.78, 5) is 32.7. The van der Waals surface area contributed by atoms with E-state index in [2.05, 4.69) is 15.2 Å². The van der Waals surface area contributed by atoms with Crippen molar-refractivity contribution in [2.24, 2.45) is 0 Å². The Hall–Kier alpha value is -1.95. The number of rotatable bonds is 2. The molecule has 1 fully saturated rings. The molecule has 1 aromatic rings. The topological polar surface area (TPSA) is 65.5 Å². The first-order valence-electron chi connectivity index (χ1n) is 7.52. The maximum absolute atomic E-state index is 12.5. The highest BCUT2D eigenvalue weighted by molar-refractivity contribution is 5.99. The van der Waals surface area contributed by atoms with Crippen LogP contribution in [0.2, 0.25) is 0 Å². The Morgan fingerprint density at radius 3 is 2.27 bits per heavy atom. The lowest BCUT2D eigenvalue weighted by Gasteiger charge is -2.32. The van der Waals surface area contributed by atoms with Crippen molar-refractivity contribution in [3.8, 4) is 0 Å². The van der Waals surface area contributed by atoms with E-state index in [1.54, 1.807) is 6.07 Å². The molecule has 22 heavy (non-hydrogen) atoms. The molecule has 2 amide bonds. The Bertz CT molecular complexity index is 558. The van der Waals surface area contributed by atoms with Gasteiger partial charge in [-0.2, -0.15) is 0 Å². The molecule has 0 unspecified atom stereocenters. The number of nitrogens with zero attached hydrogens (tertiary/aromatic N) is 3. The molecule has 6 nitrogen and oxygen atoms in total. The summed E-state index contributed by atoms with van der Waals surface area (Å²) >= 11 is 0. The molecule has 120 valence electrons. The van der Waals surface area contributed by atoms with E-state index >= 15 is 0 Å². The minimum Gasteiger partial charge on any atom is -0.347 e. The molecule has 6 heteroatoms. The molecule has 2 heterocycles. The van der Waals surface area contributed by atoms with Crippen LogP contribution < -0.4 is 5.32 Å². The largest absolute Gasteiger partial charge is 0.347 e. The van der Waals surface area contributed by atoms with Crippen molar-refractivity contribution >= 4 is 11.8 Å². The number of carbonyl (C=O) groups excluding carboxylic acids is 2. The summed E-state index contributed by atoms with van der Waals surface area (Å²) in [5.74, 6) is -0.279. The van der Waals surface area contributed by atoms with Crippen molar-refractivity contribution in [3.63, 3.8) is 0 Å². The van der Waals surface area contributed by atoms with Gasteiger partial charge in [-0.1, -0.05) is 0 Å². The minimum absolute atomic E-state index is 0.0639. The van der Waals surface area contributed by atoms with Gasteiger partial charge in [0.1, 0.15) is 0 Å². The molecular formula is C16H24N4O2. The van der Waals surface area contributed by atoms with Crippen LogP contribution in [0, 0.1) is 0 Å². The minimum atomic E-state index is -0.325. The second-order valence-corrected chi connectivity index (χ2v) is 6.76. The Balaban J connectivity index is 2.11. The first-order valence-corrected chi connectivity index (χ1v) is 7.52. The summed E-state index contributed by atoms with van der Waals surface area (Å²) in [5, 5.41) is 2.88. The van der Waals surface area contributed by atoms with Crippen molar-refractivity contribution in [3.05, 3.63) is 29.6 Å².